The first kappa shape index (κ1) is 22.8. The molecule has 6 nitrogen and oxygen atoms in total. The van der Waals surface area contributed by atoms with Gasteiger partial charge in [-0.1, -0.05) is 6.07 Å². The summed E-state index contributed by atoms with van der Waals surface area (Å²) < 4.78 is 5.68. The van der Waals surface area contributed by atoms with Crippen LogP contribution in [-0.2, 0) is 4.79 Å². The van der Waals surface area contributed by atoms with Gasteiger partial charge < -0.3 is 20.7 Å². The van der Waals surface area contributed by atoms with Crippen LogP contribution in [0.15, 0.2) is 29.3 Å². The van der Waals surface area contributed by atoms with Crippen LogP contribution in [0.2, 0.25) is 0 Å². The molecule has 1 aromatic carbocycles. The van der Waals surface area contributed by atoms with Gasteiger partial charge in [0.25, 0.3) is 0 Å². The number of hydrogen-bond acceptors (Lipinski definition) is 4. The van der Waals surface area contributed by atoms with Gasteiger partial charge in [-0.3, -0.25) is 9.79 Å². The van der Waals surface area contributed by atoms with Gasteiger partial charge in [0, 0.05) is 31.0 Å². The van der Waals surface area contributed by atoms with Crippen LogP contribution in [0.5, 0.6) is 5.75 Å². The quantitative estimate of drug-likeness (QED) is 0.226. The van der Waals surface area contributed by atoms with E-state index in [2.05, 4.69) is 27.2 Å². The lowest BCUT2D eigenvalue weighted by Gasteiger charge is -2.12. The predicted octanol–water partition coefficient (Wildman–Crippen LogP) is 2.56. The Hall–Kier alpha value is -1.16. The number of aliphatic imine (C=N–C) groups is 1. The number of amides is 1. The minimum Gasteiger partial charge on any atom is -0.492 e. The summed E-state index contributed by atoms with van der Waals surface area (Å²) in [6, 6.07) is 7.35. The Kier molecular flexibility index (Phi) is 13.5. The molecule has 0 unspecified atom stereocenters. The molecule has 24 heavy (non-hydrogen) atoms. The van der Waals surface area contributed by atoms with E-state index in [1.807, 2.05) is 25.1 Å². The molecule has 0 saturated heterocycles. The highest BCUT2D eigenvalue weighted by atomic mass is 127. The first-order chi connectivity index (χ1) is 11.2. The van der Waals surface area contributed by atoms with E-state index in [1.54, 1.807) is 17.8 Å². The van der Waals surface area contributed by atoms with Crippen LogP contribution >= 0.6 is 35.7 Å². The average molecular weight is 466 g/mol. The molecule has 0 aliphatic rings. The Labute approximate surface area is 165 Å². The lowest BCUT2D eigenvalue weighted by molar-refractivity contribution is -0.114. The maximum absolute atomic E-state index is 11.0. The second-order valence-electron chi connectivity index (χ2n) is 4.74. The zero-order valence-corrected chi connectivity index (χ0v) is 17.6. The van der Waals surface area contributed by atoms with Crippen molar-refractivity contribution < 1.29 is 9.53 Å². The number of nitrogens with one attached hydrogen (secondary N) is 3. The molecule has 0 heterocycles. The summed E-state index contributed by atoms with van der Waals surface area (Å²) in [4.78, 5) is 15.5. The Morgan fingerprint density at radius 3 is 2.79 bits per heavy atom. The molecule has 0 spiro atoms. The summed E-state index contributed by atoms with van der Waals surface area (Å²) in [6.45, 7) is 6.29. The van der Waals surface area contributed by atoms with E-state index in [4.69, 9.17) is 4.74 Å². The van der Waals surface area contributed by atoms with Crippen molar-refractivity contribution in [3.8, 4) is 5.75 Å². The van der Waals surface area contributed by atoms with Crippen LogP contribution in [0, 0.1) is 0 Å². The van der Waals surface area contributed by atoms with Gasteiger partial charge in [-0.15, -0.1) is 24.0 Å². The van der Waals surface area contributed by atoms with Crippen LogP contribution in [0.3, 0.4) is 0 Å². The number of rotatable bonds is 9. The highest BCUT2D eigenvalue weighted by Gasteiger charge is 2.00. The van der Waals surface area contributed by atoms with Crippen molar-refractivity contribution in [1.29, 1.82) is 0 Å². The predicted molar refractivity (Wildman–Crippen MR) is 114 cm³/mol. The highest BCUT2D eigenvalue weighted by Crippen LogP contribution is 2.16. The molecule has 1 rings (SSSR count). The van der Waals surface area contributed by atoms with Crippen LogP contribution in [-0.4, -0.2) is 50.1 Å². The lowest BCUT2D eigenvalue weighted by atomic mass is 10.3. The Balaban J connectivity index is 0.00000529. The fourth-order valence-electron chi connectivity index (χ4n) is 1.80. The fraction of sp³-hybridized carbons (Fsp3) is 0.500. The molecule has 8 heteroatoms. The molecule has 0 atom stereocenters. The number of benzene rings is 1. The number of anilines is 1. The molecule has 0 aromatic heterocycles. The molecule has 0 fully saturated rings. The topological polar surface area (TPSA) is 74.8 Å². The molecular weight excluding hydrogens is 439 g/mol. The van der Waals surface area contributed by atoms with E-state index in [0.29, 0.717) is 13.2 Å². The number of guanidine groups is 1. The first-order valence-corrected chi connectivity index (χ1v) is 9.06. The summed E-state index contributed by atoms with van der Waals surface area (Å²) in [5, 5.41) is 9.16. The molecule has 1 amide bonds. The van der Waals surface area contributed by atoms with Crippen molar-refractivity contribution in [3.63, 3.8) is 0 Å². The number of ether oxygens (including phenoxy) is 1. The third kappa shape index (κ3) is 10.6. The van der Waals surface area contributed by atoms with Gasteiger partial charge in [-0.05, 0) is 25.3 Å². The van der Waals surface area contributed by atoms with Crippen molar-refractivity contribution in [2.24, 2.45) is 4.99 Å². The standard InChI is InChI=1S/C16H26N4O2S.HI/c1-4-17-16(19-9-11-23-3)18-8-10-22-15-7-5-6-14(12-15)20-13(2)21;/h5-7,12H,4,8-11H2,1-3H3,(H,20,21)(H2,17,18,19);1H. The molecule has 1 aromatic rings. The number of carbonyl (C=O) groups excluding carboxylic acids is 1. The third-order valence-corrected chi connectivity index (χ3v) is 3.32. The van der Waals surface area contributed by atoms with Crippen LogP contribution in [0.1, 0.15) is 13.8 Å². The summed E-state index contributed by atoms with van der Waals surface area (Å²) in [5.74, 6) is 2.43. The van der Waals surface area contributed by atoms with Crippen LogP contribution < -0.4 is 20.7 Å². The highest BCUT2D eigenvalue weighted by molar-refractivity contribution is 14.0. The van der Waals surface area contributed by atoms with E-state index in [9.17, 15) is 4.79 Å². The maximum atomic E-state index is 11.0. The summed E-state index contributed by atoms with van der Waals surface area (Å²) in [5.41, 5.74) is 0.731. The SMILES string of the molecule is CCNC(=NCCSC)NCCOc1cccc(NC(C)=O)c1.I. The number of hydrogen-bond donors (Lipinski definition) is 3. The van der Waals surface area contributed by atoms with Gasteiger partial charge in [0.2, 0.25) is 5.91 Å². The number of nitrogens with zero attached hydrogens (tertiary/aromatic N) is 1. The Morgan fingerprint density at radius 1 is 1.33 bits per heavy atom. The normalized spacial score (nSPS) is 10.5. The smallest absolute Gasteiger partial charge is 0.221 e. The van der Waals surface area contributed by atoms with Crippen molar-refractivity contribution in [2.75, 3.05) is 43.6 Å². The Morgan fingerprint density at radius 2 is 2.12 bits per heavy atom. The number of carbonyl (C=O) groups is 1. The monoisotopic (exact) mass is 466 g/mol. The van der Waals surface area contributed by atoms with Gasteiger partial charge >= 0.3 is 0 Å². The summed E-state index contributed by atoms with van der Waals surface area (Å²) in [6.07, 6.45) is 2.07. The van der Waals surface area contributed by atoms with Crippen LogP contribution in [0.4, 0.5) is 5.69 Å². The van der Waals surface area contributed by atoms with E-state index in [-0.39, 0.29) is 29.9 Å². The molecule has 3 N–H and O–H groups in total. The zero-order valence-electron chi connectivity index (χ0n) is 14.4. The molecule has 136 valence electrons. The van der Waals surface area contributed by atoms with E-state index in [0.717, 1.165) is 36.2 Å². The van der Waals surface area contributed by atoms with E-state index in [1.165, 1.54) is 6.92 Å². The molecular formula is C16H27IN4O2S. The molecule has 0 saturated carbocycles. The maximum Gasteiger partial charge on any atom is 0.221 e. The van der Waals surface area contributed by atoms with Gasteiger partial charge in [0.1, 0.15) is 12.4 Å². The lowest BCUT2D eigenvalue weighted by Crippen LogP contribution is -2.39. The number of thioether (sulfide) groups is 1. The van der Waals surface area contributed by atoms with Gasteiger partial charge in [-0.2, -0.15) is 11.8 Å². The van der Waals surface area contributed by atoms with Gasteiger partial charge in [0.05, 0.1) is 13.1 Å². The van der Waals surface area contributed by atoms with Gasteiger partial charge in [-0.25, -0.2) is 0 Å². The second kappa shape index (κ2) is 14.2. The largest absolute Gasteiger partial charge is 0.492 e. The van der Waals surface area contributed by atoms with Gasteiger partial charge in [0.15, 0.2) is 5.96 Å². The molecule has 0 aliphatic carbocycles. The molecule has 0 bridgehead atoms. The minimum absolute atomic E-state index is 0. The Bertz CT molecular complexity index is 515. The first-order valence-electron chi connectivity index (χ1n) is 7.67. The summed E-state index contributed by atoms with van der Waals surface area (Å²) >= 11 is 1.78. The minimum atomic E-state index is -0.0967. The van der Waals surface area contributed by atoms with Crippen molar-refractivity contribution in [2.45, 2.75) is 13.8 Å². The third-order valence-electron chi connectivity index (χ3n) is 2.73. The molecule has 0 radical (unpaired) electrons. The average Bonchev–Trinajstić information content (AvgIpc) is 2.51. The number of halogens is 1. The van der Waals surface area contributed by atoms with E-state index < -0.39 is 0 Å². The zero-order chi connectivity index (χ0) is 16.9. The van der Waals surface area contributed by atoms with Crippen molar-refractivity contribution >= 4 is 53.3 Å². The second-order valence-corrected chi connectivity index (χ2v) is 5.72. The summed E-state index contributed by atoms with van der Waals surface area (Å²) in [7, 11) is 0. The van der Waals surface area contributed by atoms with E-state index >= 15 is 0 Å². The van der Waals surface area contributed by atoms with Crippen molar-refractivity contribution in [1.82, 2.24) is 10.6 Å². The fourth-order valence-corrected chi connectivity index (χ4v) is 2.07. The van der Waals surface area contributed by atoms with Crippen molar-refractivity contribution in [3.05, 3.63) is 24.3 Å². The molecule has 0 aliphatic heterocycles. The van der Waals surface area contributed by atoms with Crippen LogP contribution in [0.25, 0.3) is 0 Å².